The molecule has 0 aliphatic carbocycles. The first-order valence-corrected chi connectivity index (χ1v) is 6.43. The van der Waals surface area contributed by atoms with Crippen LogP contribution in [0.25, 0.3) is 10.9 Å². The second-order valence-electron chi connectivity index (χ2n) is 4.25. The van der Waals surface area contributed by atoms with Crippen molar-refractivity contribution in [1.82, 2.24) is 9.97 Å². The highest BCUT2D eigenvalue weighted by atomic mass is 35.5. The molecule has 1 aromatic carbocycles. The van der Waals surface area contributed by atoms with Gasteiger partial charge in [-0.05, 0) is 18.2 Å². The van der Waals surface area contributed by atoms with Crippen molar-refractivity contribution in [1.29, 1.82) is 0 Å². The second-order valence-corrected chi connectivity index (χ2v) is 4.63. The molecule has 0 saturated carbocycles. The SMILES string of the molecule is O=C(O)c1ccnc(Oc2cnc3ccccc3c2)c1Cl. The lowest BCUT2D eigenvalue weighted by Crippen LogP contribution is -2.00. The number of aromatic carboxylic acids is 1. The van der Waals surface area contributed by atoms with E-state index in [9.17, 15) is 4.79 Å². The molecule has 5 nitrogen and oxygen atoms in total. The molecule has 6 heteroatoms. The Labute approximate surface area is 124 Å². The van der Waals surface area contributed by atoms with E-state index in [1.165, 1.54) is 18.5 Å². The zero-order valence-electron chi connectivity index (χ0n) is 10.7. The number of hydrogen-bond acceptors (Lipinski definition) is 4. The number of aromatic nitrogens is 2. The lowest BCUT2D eigenvalue weighted by molar-refractivity contribution is 0.0696. The number of hydrogen-bond donors (Lipinski definition) is 1. The number of rotatable bonds is 3. The fraction of sp³-hybridized carbons (Fsp3) is 0. The molecule has 0 atom stereocenters. The van der Waals surface area contributed by atoms with Gasteiger partial charge in [-0.25, -0.2) is 9.78 Å². The van der Waals surface area contributed by atoms with Crippen molar-refractivity contribution in [2.75, 3.05) is 0 Å². The highest BCUT2D eigenvalue weighted by Crippen LogP contribution is 2.30. The van der Waals surface area contributed by atoms with Crippen molar-refractivity contribution in [2.45, 2.75) is 0 Å². The molecule has 3 rings (SSSR count). The molecule has 2 aromatic heterocycles. The Morgan fingerprint density at radius 3 is 2.81 bits per heavy atom. The highest BCUT2D eigenvalue weighted by Gasteiger charge is 2.15. The summed E-state index contributed by atoms with van der Waals surface area (Å²) in [7, 11) is 0. The van der Waals surface area contributed by atoms with Gasteiger partial charge in [0.05, 0.1) is 17.3 Å². The van der Waals surface area contributed by atoms with Crippen LogP contribution < -0.4 is 4.74 Å². The van der Waals surface area contributed by atoms with Crippen LogP contribution in [-0.2, 0) is 0 Å². The molecule has 1 N–H and O–H groups in total. The van der Waals surface area contributed by atoms with Gasteiger partial charge in [-0.2, -0.15) is 0 Å². The molecule has 0 aliphatic heterocycles. The normalized spacial score (nSPS) is 10.5. The monoisotopic (exact) mass is 300 g/mol. The molecule has 3 aromatic rings. The molecule has 0 bridgehead atoms. The third-order valence-electron chi connectivity index (χ3n) is 2.87. The maximum atomic E-state index is 11.0. The number of nitrogens with zero attached hydrogens (tertiary/aromatic N) is 2. The Kier molecular flexibility index (Phi) is 3.41. The Hall–Kier alpha value is -2.66. The van der Waals surface area contributed by atoms with Gasteiger partial charge >= 0.3 is 5.97 Å². The molecule has 0 amide bonds. The lowest BCUT2D eigenvalue weighted by atomic mass is 10.2. The van der Waals surface area contributed by atoms with Gasteiger partial charge in [0.1, 0.15) is 10.8 Å². The van der Waals surface area contributed by atoms with Crippen LogP contribution >= 0.6 is 11.6 Å². The highest BCUT2D eigenvalue weighted by molar-refractivity contribution is 6.34. The van der Waals surface area contributed by atoms with E-state index in [4.69, 9.17) is 21.4 Å². The largest absolute Gasteiger partial charge is 0.478 e. The van der Waals surface area contributed by atoms with E-state index in [0.29, 0.717) is 5.75 Å². The number of fused-ring (bicyclic) bond motifs is 1. The average molecular weight is 301 g/mol. The summed E-state index contributed by atoms with van der Waals surface area (Å²) < 4.78 is 5.54. The molecule has 0 unspecified atom stereocenters. The number of pyridine rings is 2. The molecular weight excluding hydrogens is 292 g/mol. The molecule has 0 fully saturated rings. The van der Waals surface area contributed by atoms with E-state index < -0.39 is 5.97 Å². The van der Waals surface area contributed by atoms with Gasteiger partial charge in [0.2, 0.25) is 5.88 Å². The fourth-order valence-corrected chi connectivity index (χ4v) is 2.11. The van der Waals surface area contributed by atoms with Gasteiger partial charge in [0.25, 0.3) is 0 Å². The first-order valence-electron chi connectivity index (χ1n) is 6.05. The van der Waals surface area contributed by atoms with Crippen LogP contribution in [0.4, 0.5) is 0 Å². The maximum Gasteiger partial charge on any atom is 0.337 e. The lowest BCUT2D eigenvalue weighted by Gasteiger charge is -2.08. The minimum Gasteiger partial charge on any atom is -0.478 e. The summed E-state index contributed by atoms with van der Waals surface area (Å²) in [5, 5.41) is 9.88. The Morgan fingerprint density at radius 1 is 1.19 bits per heavy atom. The van der Waals surface area contributed by atoms with Crippen molar-refractivity contribution in [3.05, 3.63) is 59.4 Å². The van der Waals surface area contributed by atoms with E-state index in [2.05, 4.69) is 9.97 Å². The number of para-hydroxylation sites is 1. The van der Waals surface area contributed by atoms with Gasteiger partial charge in [-0.1, -0.05) is 29.8 Å². The first kappa shape index (κ1) is 13.3. The van der Waals surface area contributed by atoms with Crippen LogP contribution in [0.5, 0.6) is 11.6 Å². The summed E-state index contributed by atoms with van der Waals surface area (Å²) in [6.45, 7) is 0. The van der Waals surface area contributed by atoms with Gasteiger partial charge in [0, 0.05) is 11.6 Å². The number of ether oxygens (including phenoxy) is 1. The first-order chi connectivity index (χ1) is 10.1. The fourth-order valence-electron chi connectivity index (χ4n) is 1.88. The number of carbonyl (C=O) groups is 1. The van der Waals surface area contributed by atoms with Gasteiger partial charge in [-0.15, -0.1) is 0 Å². The van der Waals surface area contributed by atoms with Crippen molar-refractivity contribution >= 4 is 28.5 Å². The van der Waals surface area contributed by atoms with Crippen molar-refractivity contribution < 1.29 is 14.6 Å². The second kappa shape index (κ2) is 5.38. The van der Waals surface area contributed by atoms with Crippen LogP contribution in [0.15, 0.2) is 48.8 Å². The van der Waals surface area contributed by atoms with Gasteiger partial charge in [0.15, 0.2) is 0 Å². The summed E-state index contributed by atoms with van der Waals surface area (Å²) in [6.07, 6.45) is 2.87. The number of benzene rings is 1. The molecule has 2 heterocycles. The summed E-state index contributed by atoms with van der Waals surface area (Å²) in [4.78, 5) is 19.2. The minimum absolute atomic E-state index is 0.0358. The maximum absolute atomic E-state index is 11.0. The molecule has 0 spiro atoms. The molecule has 104 valence electrons. The predicted molar refractivity (Wildman–Crippen MR) is 78.0 cm³/mol. The van der Waals surface area contributed by atoms with Crippen molar-refractivity contribution in [2.24, 2.45) is 0 Å². The third-order valence-corrected chi connectivity index (χ3v) is 3.23. The van der Waals surface area contributed by atoms with Crippen molar-refractivity contribution in [3.8, 4) is 11.6 Å². The summed E-state index contributed by atoms with van der Waals surface area (Å²) in [6, 6.07) is 10.7. The predicted octanol–water partition coefficient (Wildman–Crippen LogP) is 3.77. The molecular formula is C15H9ClN2O3. The molecule has 0 radical (unpaired) electrons. The number of halogens is 1. The molecule has 21 heavy (non-hydrogen) atoms. The summed E-state index contributed by atoms with van der Waals surface area (Å²) >= 11 is 5.98. The topological polar surface area (TPSA) is 72.3 Å². The van der Waals surface area contributed by atoms with Gasteiger partial charge in [-0.3, -0.25) is 4.98 Å². The zero-order chi connectivity index (χ0) is 14.8. The average Bonchev–Trinajstić information content (AvgIpc) is 2.49. The third kappa shape index (κ3) is 2.64. The number of carboxylic acids is 1. The number of carboxylic acid groups (broad SMARTS) is 1. The Bertz CT molecular complexity index is 836. The standard InChI is InChI=1S/C15H9ClN2O3/c16-13-11(15(19)20)5-6-17-14(13)21-10-7-9-3-1-2-4-12(9)18-8-10/h1-8H,(H,19,20). The van der Waals surface area contributed by atoms with E-state index >= 15 is 0 Å². The van der Waals surface area contributed by atoms with Crippen LogP contribution in [-0.4, -0.2) is 21.0 Å². The van der Waals surface area contributed by atoms with Crippen LogP contribution in [0, 0.1) is 0 Å². The van der Waals surface area contributed by atoms with E-state index in [0.717, 1.165) is 10.9 Å². The Balaban J connectivity index is 1.98. The van der Waals surface area contributed by atoms with E-state index in [1.54, 1.807) is 6.07 Å². The minimum atomic E-state index is -1.14. The molecule has 0 aliphatic rings. The van der Waals surface area contributed by atoms with Crippen LogP contribution in [0.3, 0.4) is 0 Å². The molecule has 0 saturated heterocycles. The summed E-state index contributed by atoms with van der Waals surface area (Å²) in [5.74, 6) is -0.664. The van der Waals surface area contributed by atoms with E-state index in [1.807, 2.05) is 24.3 Å². The quantitative estimate of drug-likeness (QED) is 0.797. The van der Waals surface area contributed by atoms with Gasteiger partial charge < -0.3 is 9.84 Å². The van der Waals surface area contributed by atoms with E-state index in [-0.39, 0.29) is 16.5 Å². The van der Waals surface area contributed by atoms with Crippen molar-refractivity contribution in [3.63, 3.8) is 0 Å². The van der Waals surface area contributed by atoms with Crippen LogP contribution in [0.2, 0.25) is 5.02 Å². The smallest absolute Gasteiger partial charge is 0.337 e. The zero-order valence-corrected chi connectivity index (χ0v) is 11.4. The Morgan fingerprint density at radius 2 is 2.00 bits per heavy atom. The summed E-state index contributed by atoms with van der Waals surface area (Å²) in [5.41, 5.74) is 0.776. The van der Waals surface area contributed by atoms with Crippen LogP contribution in [0.1, 0.15) is 10.4 Å².